The Kier molecular flexibility index (Phi) is 1.96. The van der Waals surface area contributed by atoms with Crippen molar-refractivity contribution in [1.82, 2.24) is 0 Å². The van der Waals surface area contributed by atoms with E-state index in [1.54, 1.807) is 0 Å². The van der Waals surface area contributed by atoms with Gasteiger partial charge in [0, 0.05) is 5.92 Å². The first-order valence-electron chi connectivity index (χ1n) is 5.42. The summed E-state index contributed by atoms with van der Waals surface area (Å²) in [6, 6.07) is 0. The molecule has 3 rings (SSSR count). The zero-order valence-corrected chi connectivity index (χ0v) is 9.94. The molecular weight excluding hydrogens is 232 g/mol. The molecule has 2 bridgehead atoms. The molecule has 3 aliphatic rings. The van der Waals surface area contributed by atoms with E-state index in [2.05, 4.69) is 0 Å². The molecule has 0 saturated carbocycles. The standard InChI is InChI=1S/C10H14O5S/c1-4-5-3-16(12,13)9-6(10(11)14-2)7(4)15-8(5)9/h4-9H,3H2,1-2H3. The van der Waals surface area contributed by atoms with Gasteiger partial charge in [0.1, 0.15) is 11.2 Å². The third kappa shape index (κ3) is 1.04. The molecule has 6 unspecified atom stereocenters. The van der Waals surface area contributed by atoms with Gasteiger partial charge in [0.25, 0.3) is 0 Å². The van der Waals surface area contributed by atoms with Gasteiger partial charge < -0.3 is 9.47 Å². The van der Waals surface area contributed by atoms with Crippen molar-refractivity contribution in [3.05, 3.63) is 0 Å². The zero-order chi connectivity index (χ0) is 11.7. The molecule has 90 valence electrons. The quantitative estimate of drug-likeness (QED) is 0.589. The maximum Gasteiger partial charge on any atom is 0.312 e. The van der Waals surface area contributed by atoms with Gasteiger partial charge in [-0.2, -0.15) is 0 Å². The summed E-state index contributed by atoms with van der Waals surface area (Å²) in [4.78, 5) is 11.7. The number of esters is 1. The van der Waals surface area contributed by atoms with Crippen molar-refractivity contribution < 1.29 is 22.7 Å². The number of ether oxygens (including phenoxy) is 2. The second-order valence-electron chi connectivity index (χ2n) is 4.93. The van der Waals surface area contributed by atoms with Crippen LogP contribution >= 0.6 is 0 Å². The van der Waals surface area contributed by atoms with E-state index in [0.29, 0.717) is 0 Å². The minimum atomic E-state index is -3.19. The van der Waals surface area contributed by atoms with Gasteiger partial charge in [-0.1, -0.05) is 6.92 Å². The van der Waals surface area contributed by atoms with Gasteiger partial charge in [-0.05, 0) is 5.92 Å². The third-order valence-electron chi connectivity index (χ3n) is 4.27. The second kappa shape index (κ2) is 2.98. The molecule has 0 radical (unpaired) electrons. The van der Waals surface area contributed by atoms with Gasteiger partial charge in [0.15, 0.2) is 9.84 Å². The van der Waals surface area contributed by atoms with Crippen LogP contribution in [0.2, 0.25) is 0 Å². The predicted octanol–water partition coefficient (Wildman–Crippen LogP) is -0.394. The van der Waals surface area contributed by atoms with Crippen LogP contribution in [0.3, 0.4) is 0 Å². The topological polar surface area (TPSA) is 69.7 Å². The maximum absolute atomic E-state index is 12.0. The van der Waals surface area contributed by atoms with E-state index < -0.39 is 27.0 Å². The lowest BCUT2D eigenvalue weighted by atomic mass is 9.76. The first kappa shape index (κ1) is 10.5. The van der Waals surface area contributed by atoms with Crippen molar-refractivity contribution in [3.8, 4) is 0 Å². The molecule has 0 aromatic carbocycles. The highest BCUT2D eigenvalue weighted by Crippen LogP contribution is 2.54. The molecule has 3 saturated heterocycles. The van der Waals surface area contributed by atoms with Crippen molar-refractivity contribution in [1.29, 1.82) is 0 Å². The van der Waals surface area contributed by atoms with Gasteiger partial charge in [-0.25, -0.2) is 8.42 Å². The Morgan fingerprint density at radius 3 is 2.69 bits per heavy atom. The molecule has 16 heavy (non-hydrogen) atoms. The Bertz CT molecular complexity index is 442. The number of methoxy groups -OCH3 is 1. The number of sulfone groups is 1. The van der Waals surface area contributed by atoms with E-state index in [1.165, 1.54) is 7.11 Å². The number of hydrogen-bond donors (Lipinski definition) is 0. The summed E-state index contributed by atoms with van der Waals surface area (Å²) < 4.78 is 34.3. The number of hydrogen-bond acceptors (Lipinski definition) is 5. The van der Waals surface area contributed by atoms with Crippen LogP contribution in [0.4, 0.5) is 0 Å². The Labute approximate surface area is 94.0 Å². The van der Waals surface area contributed by atoms with Crippen molar-refractivity contribution in [2.24, 2.45) is 17.8 Å². The molecule has 3 aliphatic heterocycles. The SMILES string of the molecule is COC(=O)C1C2OC3C(CS(=O)(=O)C31)C2C. The molecule has 0 aromatic rings. The molecule has 0 spiro atoms. The van der Waals surface area contributed by atoms with Crippen LogP contribution in [0.25, 0.3) is 0 Å². The van der Waals surface area contributed by atoms with Gasteiger partial charge >= 0.3 is 5.97 Å². The van der Waals surface area contributed by atoms with Crippen LogP contribution in [-0.4, -0.2) is 44.7 Å². The summed E-state index contributed by atoms with van der Waals surface area (Å²) in [7, 11) is -1.90. The summed E-state index contributed by atoms with van der Waals surface area (Å²) >= 11 is 0. The van der Waals surface area contributed by atoms with Crippen LogP contribution in [0.5, 0.6) is 0 Å². The average Bonchev–Trinajstić information content (AvgIpc) is 2.80. The molecule has 0 N–H and O–H groups in total. The van der Waals surface area contributed by atoms with Crippen molar-refractivity contribution in [3.63, 3.8) is 0 Å². The van der Waals surface area contributed by atoms with E-state index in [0.717, 1.165) is 0 Å². The van der Waals surface area contributed by atoms with E-state index in [4.69, 9.17) is 9.47 Å². The monoisotopic (exact) mass is 246 g/mol. The summed E-state index contributed by atoms with van der Waals surface area (Å²) in [5.41, 5.74) is 0. The molecule has 0 aromatic heterocycles. The molecule has 0 amide bonds. The third-order valence-corrected chi connectivity index (χ3v) is 6.51. The fourth-order valence-electron chi connectivity index (χ4n) is 3.53. The van der Waals surface area contributed by atoms with E-state index in [9.17, 15) is 13.2 Å². The molecular formula is C10H14O5S. The highest BCUT2D eigenvalue weighted by Gasteiger charge is 2.69. The van der Waals surface area contributed by atoms with Crippen LogP contribution in [-0.2, 0) is 24.1 Å². The summed E-state index contributed by atoms with van der Waals surface area (Å²) in [5, 5.41) is -0.661. The molecule has 3 fully saturated rings. The lowest BCUT2D eigenvalue weighted by Gasteiger charge is -2.25. The van der Waals surface area contributed by atoms with Crippen LogP contribution in [0, 0.1) is 17.8 Å². The fraction of sp³-hybridized carbons (Fsp3) is 0.900. The number of fused-ring (bicyclic) bond motifs is 1. The van der Waals surface area contributed by atoms with Gasteiger partial charge in [0.05, 0.1) is 25.1 Å². The largest absolute Gasteiger partial charge is 0.469 e. The minimum absolute atomic E-state index is 0.0703. The van der Waals surface area contributed by atoms with Crippen molar-refractivity contribution in [2.75, 3.05) is 12.9 Å². The Hall–Kier alpha value is -0.620. The summed E-state index contributed by atoms with van der Waals surface area (Å²) in [6.45, 7) is 1.96. The van der Waals surface area contributed by atoms with E-state index in [1.807, 2.05) is 6.92 Å². The molecule has 6 atom stereocenters. The Morgan fingerprint density at radius 2 is 2.06 bits per heavy atom. The molecule has 0 aliphatic carbocycles. The number of rotatable bonds is 1. The highest BCUT2D eigenvalue weighted by molar-refractivity contribution is 7.92. The summed E-state index contributed by atoms with van der Waals surface area (Å²) in [5.74, 6) is -0.710. The first-order valence-corrected chi connectivity index (χ1v) is 7.14. The normalized spacial score (nSPS) is 51.9. The molecule has 5 nitrogen and oxygen atoms in total. The number of carbonyl (C=O) groups is 1. The van der Waals surface area contributed by atoms with Gasteiger partial charge in [-0.15, -0.1) is 0 Å². The van der Waals surface area contributed by atoms with Crippen molar-refractivity contribution >= 4 is 15.8 Å². The second-order valence-corrected chi connectivity index (χ2v) is 7.13. The van der Waals surface area contributed by atoms with Crippen LogP contribution < -0.4 is 0 Å². The van der Waals surface area contributed by atoms with Gasteiger partial charge in [-0.3, -0.25) is 4.79 Å². The van der Waals surface area contributed by atoms with Gasteiger partial charge in [0.2, 0.25) is 0 Å². The smallest absolute Gasteiger partial charge is 0.312 e. The average molecular weight is 246 g/mol. The van der Waals surface area contributed by atoms with Crippen molar-refractivity contribution in [2.45, 2.75) is 24.4 Å². The summed E-state index contributed by atoms with van der Waals surface area (Å²) in [6.07, 6.45) is -0.557. The Balaban J connectivity index is 2.07. The van der Waals surface area contributed by atoms with Crippen LogP contribution in [0.15, 0.2) is 0 Å². The lowest BCUT2D eigenvalue weighted by Crippen LogP contribution is -2.43. The van der Waals surface area contributed by atoms with E-state index in [-0.39, 0.29) is 29.8 Å². The minimum Gasteiger partial charge on any atom is -0.469 e. The highest BCUT2D eigenvalue weighted by atomic mass is 32.2. The zero-order valence-electron chi connectivity index (χ0n) is 9.12. The Morgan fingerprint density at radius 1 is 1.38 bits per heavy atom. The predicted molar refractivity (Wildman–Crippen MR) is 54.4 cm³/mol. The lowest BCUT2D eigenvalue weighted by molar-refractivity contribution is -0.147. The van der Waals surface area contributed by atoms with Crippen LogP contribution in [0.1, 0.15) is 6.92 Å². The fourth-order valence-corrected chi connectivity index (χ4v) is 6.17. The number of carbonyl (C=O) groups excluding carboxylic acids is 1. The first-order chi connectivity index (χ1) is 7.47. The van der Waals surface area contributed by atoms with E-state index >= 15 is 0 Å². The maximum atomic E-state index is 12.0. The molecule has 6 heteroatoms. The molecule has 3 heterocycles.